The minimum absolute atomic E-state index is 0.300. The summed E-state index contributed by atoms with van der Waals surface area (Å²) in [6.07, 6.45) is 0. The zero-order valence-corrected chi connectivity index (χ0v) is 12.2. The van der Waals surface area contributed by atoms with Crippen LogP contribution >= 0.6 is 23.2 Å². The summed E-state index contributed by atoms with van der Waals surface area (Å²) >= 11 is 12.0. The summed E-state index contributed by atoms with van der Waals surface area (Å²) in [7, 11) is 0. The highest BCUT2D eigenvalue weighted by molar-refractivity contribution is 6.42. The molecule has 102 valence electrons. The highest BCUT2D eigenvalue weighted by Gasteiger charge is 2.10. The van der Waals surface area contributed by atoms with Gasteiger partial charge in [0.25, 0.3) is 0 Å². The second-order valence-electron chi connectivity index (χ2n) is 4.29. The van der Waals surface area contributed by atoms with E-state index < -0.39 is 0 Å². The zero-order valence-electron chi connectivity index (χ0n) is 10.7. The van der Waals surface area contributed by atoms with Crippen molar-refractivity contribution in [1.82, 2.24) is 4.98 Å². The topological polar surface area (TPSA) is 45.9 Å². The van der Waals surface area contributed by atoms with Gasteiger partial charge >= 0.3 is 0 Å². The Kier molecular flexibility index (Phi) is 3.66. The first kappa shape index (κ1) is 13.7. The molecule has 0 aliphatic heterocycles. The van der Waals surface area contributed by atoms with E-state index in [-0.39, 0.29) is 0 Å². The Hall–Kier alpha value is -2.28. The number of nitrogens with zero attached hydrogens (tertiary/aromatic N) is 2. The molecule has 2 aromatic carbocycles. The van der Waals surface area contributed by atoms with Crippen LogP contribution in [0.2, 0.25) is 10.0 Å². The Morgan fingerprint density at radius 1 is 1.05 bits per heavy atom. The molecule has 0 amide bonds. The van der Waals surface area contributed by atoms with Gasteiger partial charge in [-0.05, 0) is 18.2 Å². The van der Waals surface area contributed by atoms with E-state index in [0.717, 1.165) is 5.39 Å². The highest BCUT2D eigenvalue weighted by atomic mass is 35.5. The molecule has 0 aliphatic rings. The lowest BCUT2D eigenvalue weighted by atomic mass is 10.1. The van der Waals surface area contributed by atoms with Crippen molar-refractivity contribution in [3.05, 3.63) is 64.1 Å². The predicted molar refractivity (Wildman–Crippen MR) is 83.0 cm³/mol. The van der Waals surface area contributed by atoms with Gasteiger partial charge in [0.15, 0.2) is 0 Å². The molecular formula is C16H8Cl2N2O. The summed E-state index contributed by atoms with van der Waals surface area (Å²) in [5, 5.41) is 10.7. The molecule has 0 aliphatic carbocycles. The smallest absolute Gasteiger partial charge is 0.221 e. The molecule has 1 aromatic heterocycles. The molecule has 3 aromatic rings. The average molecular weight is 315 g/mol. The van der Waals surface area contributed by atoms with Crippen molar-refractivity contribution in [2.45, 2.75) is 0 Å². The van der Waals surface area contributed by atoms with Gasteiger partial charge in [-0.1, -0.05) is 47.5 Å². The van der Waals surface area contributed by atoms with E-state index in [1.165, 1.54) is 0 Å². The van der Waals surface area contributed by atoms with Crippen LogP contribution in [0.3, 0.4) is 0 Å². The van der Waals surface area contributed by atoms with Crippen molar-refractivity contribution in [2.75, 3.05) is 0 Å². The van der Waals surface area contributed by atoms with Crippen molar-refractivity contribution in [3.8, 4) is 17.7 Å². The predicted octanol–water partition coefficient (Wildman–Crippen LogP) is 5.21. The third-order valence-corrected chi connectivity index (χ3v) is 3.75. The summed E-state index contributed by atoms with van der Waals surface area (Å²) in [4.78, 5) is 4.37. The van der Waals surface area contributed by atoms with Crippen LogP contribution < -0.4 is 4.74 Å². The number of nitriles is 1. The maximum Gasteiger partial charge on any atom is 0.221 e. The first-order valence-electron chi connectivity index (χ1n) is 6.11. The number of ether oxygens (including phenoxy) is 1. The Morgan fingerprint density at radius 3 is 2.67 bits per heavy atom. The fourth-order valence-electron chi connectivity index (χ4n) is 1.97. The number of hydrogen-bond donors (Lipinski definition) is 0. The summed E-state index contributed by atoms with van der Waals surface area (Å²) in [6, 6.07) is 16.2. The first-order chi connectivity index (χ1) is 10.2. The lowest BCUT2D eigenvalue weighted by Crippen LogP contribution is -1.92. The summed E-state index contributed by atoms with van der Waals surface area (Å²) in [5.74, 6) is 0.699. The zero-order chi connectivity index (χ0) is 14.8. The molecule has 21 heavy (non-hydrogen) atoms. The van der Waals surface area contributed by atoms with Crippen LogP contribution in [-0.2, 0) is 0 Å². The van der Waals surface area contributed by atoms with Gasteiger partial charge in [-0.2, -0.15) is 5.26 Å². The number of halogens is 2. The largest absolute Gasteiger partial charge is 0.437 e. The fourth-order valence-corrected chi connectivity index (χ4v) is 2.30. The quantitative estimate of drug-likeness (QED) is 0.652. The van der Waals surface area contributed by atoms with Crippen LogP contribution in [0, 0.1) is 11.3 Å². The van der Waals surface area contributed by atoms with Crippen LogP contribution in [0.1, 0.15) is 5.56 Å². The molecule has 0 radical (unpaired) electrons. The van der Waals surface area contributed by atoms with Crippen LogP contribution in [0.4, 0.5) is 0 Å². The van der Waals surface area contributed by atoms with E-state index in [0.29, 0.717) is 32.8 Å². The maximum absolute atomic E-state index is 9.24. The molecule has 1 heterocycles. The van der Waals surface area contributed by atoms with Crippen LogP contribution in [-0.4, -0.2) is 4.98 Å². The Balaban J connectivity index is 2.09. The Labute approximate surface area is 131 Å². The highest BCUT2D eigenvalue weighted by Crippen LogP contribution is 2.34. The molecule has 0 saturated heterocycles. The SMILES string of the molecule is N#Cc1cc(Oc2cccc(Cl)c2Cl)nc2ccccc12. The van der Waals surface area contributed by atoms with Gasteiger partial charge in [0, 0.05) is 11.5 Å². The fraction of sp³-hybridized carbons (Fsp3) is 0. The van der Waals surface area contributed by atoms with Crippen LogP contribution in [0.5, 0.6) is 11.6 Å². The van der Waals surface area contributed by atoms with E-state index in [1.807, 2.05) is 24.3 Å². The molecule has 3 nitrogen and oxygen atoms in total. The van der Waals surface area contributed by atoms with Gasteiger partial charge in [-0.15, -0.1) is 0 Å². The Morgan fingerprint density at radius 2 is 1.86 bits per heavy atom. The molecule has 5 heteroatoms. The summed E-state index contributed by atoms with van der Waals surface area (Å²) in [5.41, 5.74) is 1.18. The van der Waals surface area contributed by atoms with Gasteiger partial charge in [0.2, 0.25) is 5.88 Å². The van der Waals surface area contributed by atoms with E-state index in [1.54, 1.807) is 24.3 Å². The molecule has 0 N–H and O–H groups in total. The molecule has 0 unspecified atom stereocenters. The lowest BCUT2D eigenvalue weighted by molar-refractivity contribution is 0.465. The molecule has 0 atom stereocenters. The van der Waals surface area contributed by atoms with Gasteiger partial charge < -0.3 is 4.74 Å². The molecule has 0 fully saturated rings. The molecule has 0 spiro atoms. The monoisotopic (exact) mass is 314 g/mol. The minimum Gasteiger partial charge on any atom is -0.437 e. The second-order valence-corrected chi connectivity index (χ2v) is 5.08. The van der Waals surface area contributed by atoms with Gasteiger partial charge in [-0.3, -0.25) is 0 Å². The van der Waals surface area contributed by atoms with Crippen LogP contribution in [0.15, 0.2) is 48.5 Å². The van der Waals surface area contributed by atoms with Gasteiger partial charge in [0.1, 0.15) is 16.8 Å². The van der Waals surface area contributed by atoms with E-state index in [9.17, 15) is 5.26 Å². The number of para-hydroxylation sites is 1. The standard InChI is InChI=1S/C16H8Cl2N2O/c17-12-5-3-7-14(16(12)18)21-15-8-10(9-19)11-4-1-2-6-13(11)20-15/h1-8H. The maximum atomic E-state index is 9.24. The molecule has 0 bridgehead atoms. The van der Waals surface area contributed by atoms with Crippen molar-refractivity contribution >= 4 is 34.1 Å². The number of fused-ring (bicyclic) bond motifs is 1. The van der Waals surface area contributed by atoms with Gasteiger partial charge in [0.05, 0.1) is 16.1 Å². The van der Waals surface area contributed by atoms with Crippen LogP contribution in [0.25, 0.3) is 10.9 Å². The van der Waals surface area contributed by atoms with E-state index in [2.05, 4.69) is 11.1 Å². The number of aromatic nitrogens is 1. The third-order valence-electron chi connectivity index (χ3n) is 2.94. The molecule has 0 saturated carbocycles. The molecular weight excluding hydrogens is 307 g/mol. The van der Waals surface area contributed by atoms with Crippen molar-refractivity contribution in [1.29, 1.82) is 5.26 Å². The number of rotatable bonds is 2. The van der Waals surface area contributed by atoms with Gasteiger partial charge in [-0.25, -0.2) is 4.98 Å². The summed E-state index contributed by atoms with van der Waals surface area (Å²) in [6.45, 7) is 0. The second kappa shape index (κ2) is 5.61. The van der Waals surface area contributed by atoms with E-state index in [4.69, 9.17) is 27.9 Å². The number of benzene rings is 2. The average Bonchev–Trinajstić information content (AvgIpc) is 2.51. The third kappa shape index (κ3) is 2.64. The van der Waals surface area contributed by atoms with Crippen molar-refractivity contribution in [3.63, 3.8) is 0 Å². The first-order valence-corrected chi connectivity index (χ1v) is 6.86. The van der Waals surface area contributed by atoms with Crippen molar-refractivity contribution in [2.24, 2.45) is 0 Å². The molecule has 3 rings (SSSR count). The Bertz CT molecular complexity index is 872. The normalized spacial score (nSPS) is 10.3. The number of hydrogen-bond acceptors (Lipinski definition) is 3. The summed E-state index contributed by atoms with van der Waals surface area (Å²) < 4.78 is 5.66. The van der Waals surface area contributed by atoms with E-state index >= 15 is 0 Å². The number of pyridine rings is 1. The lowest BCUT2D eigenvalue weighted by Gasteiger charge is -2.09. The minimum atomic E-state index is 0.300. The van der Waals surface area contributed by atoms with Crippen molar-refractivity contribution < 1.29 is 4.74 Å².